The molecule has 3 aliphatic rings. The number of ketones is 2. The lowest BCUT2D eigenvalue weighted by Crippen LogP contribution is -2.34. The molecule has 0 radical (unpaired) electrons. The van der Waals surface area contributed by atoms with E-state index in [4.69, 9.17) is 0 Å². The van der Waals surface area contributed by atoms with E-state index in [0.29, 0.717) is 41.7 Å². The molecular formula is C15H20O2. The largest absolute Gasteiger partial charge is 0.299 e. The maximum absolute atomic E-state index is 12.4. The second-order valence-corrected chi connectivity index (χ2v) is 6.39. The fraction of sp³-hybridized carbons (Fsp3) is 0.733. The molecular weight excluding hydrogens is 212 g/mol. The molecule has 3 rings (SSSR count). The van der Waals surface area contributed by atoms with E-state index >= 15 is 0 Å². The third kappa shape index (κ3) is 1.16. The van der Waals surface area contributed by atoms with Crippen molar-refractivity contribution in [1.29, 1.82) is 0 Å². The van der Waals surface area contributed by atoms with Crippen LogP contribution in [0.4, 0.5) is 0 Å². The summed E-state index contributed by atoms with van der Waals surface area (Å²) in [5.41, 5.74) is 2.24. The third-order valence-corrected chi connectivity index (χ3v) is 5.49. The van der Waals surface area contributed by atoms with Gasteiger partial charge < -0.3 is 0 Å². The molecule has 4 bridgehead atoms. The maximum Gasteiger partial charge on any atom is 0.162 e. The first-order valence-corrected chi connectivity index (χ1v) is 6.69. The normalized spacial score (nSPS) is 47.9. The molecule has 0 aliphatic heterocycles. The topological polar surface area (TPSA) is 34.1 Å². The highest BCUT2D eigenvalue weighted by molar-refractivity contribution is 6.04. The zero-order chi connectivity index (χ0) is 12.5. The van der Waals surface area contributed by atoms with Crippen molar-refractivity contribution in [3.63, 3.8) is 0 Å². The average Bonchev–Trinajstić information content (AvgIpc) is 2.65. The second kappa shape index (κ2) is 3.30. The van der Waals surface area contributed by atoms with Gasteiger partial charge >= 0.3 is 0 Å². The number of carbonyl (C=O) groups excluding carboxylic acids is 2. The van der Waals surface area contributed by atoms with Gasteiger partial charge in [-0.2, -0.15) is 0 Å². The summed E-state index contributed by atoms with van der Waals surface area (Å²) < 4.78 is 0. The first-order valence-electron chi connectivity index (χ1n) is 6.69. The van der Waals surface area contributed by atoms with Gasteiger partial charge in [-0.1, -0.05) is 19.4 Å². The van der Waals surface area contributed by atoms with Crippen LogP contribution in [0.2, 0.25) is 0 Å². The summed E-state index contributed by atoms with van der Waals surface area (Å²) in [6, 6.07) is 0. The van der Waals surface area contributed by atoms with Gasteiger partial charge in [-0.15, -0.1) is 0 Å². The zero-order valence-electron chi connectivity index (χ0n) is 11.0. The van der Waals surface area contributed by atoms with E-state index in [-0.39, 0.29) is 11.8 Å². The van der Waals surface area contributed by atoms with Crippen LogP contribution in [-0.4, -0.2) is 11.6 Å². The molecule has 0 aromatic rings. The van der Waals surface area contributed by atoms with Gasteiger partial charge in [-0.3, -0.25) is 9.59 Å². The molecule has 17 heavy (non-hydrogen) atoms. The molecule has 0 aromatic carbocycles. The average molecular weight is 232 g/mol. The minimum Gasteiger partial charge on any atom is -0.299 e. The van der Waals surface area contributed by atoms with E-state index < -0.39 is 0 Å². The molecule has 2 heteroatoms. The van der Waals surface area contributed by atoms with Crippen LogP contribution >= 0.6 is 0 Å². The molecule has 0 saturated heterocycles. The Hall–Kier alpha value is -0.920. The Balaban J connectivity index is 2.14. The minimum absolute atomic E-state index is 0.0898. The van der Waals surface area contributed by atoms with Crippen LogP contribution in [0.15, 0.2) is 11.1 Å². The Bertz CT molecular complexity index is 442. The predicted molar refractivity (Wildman–Crippen MR) is 65.3 cm³/mol. The zero-order valence-corrected chi connectivity index (χ0v) is 11.0. The number of carbonyl (C=O) groups is 2. The van der Waals surface area contributed by atoms with Crippen LogP contribution in [0.1, 0.15) is 34.1 Å². The van der Waals surface area contributed by atoms with Crippen LogP contribution in [0.3, 0.4) is 0 Å². The fourth-order valence-corrected chi connectivity index (χ4v) is 4.76. The summed E-state index contributed by atoms with van der Waals surface area (Å²) in [5, 5.41) is 0. The summed E-state index contributed by atoms with van der Waals surface area (Å²) in [6.07, 6.45) is 0.698. The highest BCUT2D eigenvalue weighted by Gasteiger charge is 2.64. The van der Waals surface area contributed by atoms with Crippen molar-refractivity contribution in [2.24, 2.45) is 35.5 Å². The molecule has 2 nitrogen and oxygen atoms in total. The number of hydrogen-bond donors (Lipinski definition) is 0. The molecule has 3 aliphatic carbocycles. The van der Waals surface area contributed by atoms with Crippen molar-refractivity contribution < 1.29 is 9.59 Å². The van der Waals surface area contributed by atoms with Gasteiger partial charge in [0, 0.05) is 18.3 Å². The molecule has 92 valence electrons. The lowest BCUT2D eigenvalue weighted by atomic mass is 9.69. The third-order valence-electron chi connectivity index (χ3n) is 5.49. The first-order chi connectivity index (χ1) is 7.95. The van der Waals surface area contributed by atoms with Crippen LogP contribution in [0, 0.1) is 35.5 Å². The van der Waals surface area contributed by atoms with Crippen molar-refractivity contribution in [2.75, 3.05) is 0 Å². The van der Waals surface area contributed by atoms with Crippen LogP contribution in [0.5, 0.6) is 0 Å². The van der Waals surface area contributed by atoms with Gasteiger partial charge in [0.15, 0.2) is 5.78 Å². The Kier molecular flexibility index (Phi) is 2.17. The van der Waals surface area contributed by atoms with Crippen LogP contribution < -0.4 is 0 Å². The summed E-state index contributed by atoms with van der Waals surface area (Å²) >= 11 is 0. The predicted octanol–water partition coefficient (Wildman–Crippen LogP) is 2.63. The van der Waals surface area contributed by atoms with Gasteiger partial charge in [-0.05, 0) is 43.1 Å². The summed E-state index contributed by atoms with van der Waals surface area (Å²) in [6.45, 7) is 8.29. The van der Waals surface area contributed by atoms with Crippen molar-refractivity contribution in [3.8, 4) is 0 Å². The summed E-state index contributed by atoms with van der Waals surface area (Å²) in [7, 11) is 0. The maximum atomic E-state index is 12.4. The Morgan fingerprint density at radius 2 is 1.76 bits per heavy atom. The highest BCUT2D eigenvalue weighted by atomic mass is 16.1. The van der Waals surface area contributed by atoms with E-state index in [1.165, 1.54) is 5.57 Å². The number of Topliss-reactive ketones (excluding diaryl/α,β-unsaturated/α-hetero) is 2. The lowest BCUT2D eigenvalue weighted by molar-refractivity contribution is -0.127. The quantitative estimate of drug-likeness (QED) is 0.602. The van der Waals surface area contributed by atoms with E-state index in [9.17, 15) is 9.59 Å². The molecule has 0 N–H and O–H groups in total. The van der Waals surface area contributed by atoms with Crippen molar-refractivity contribution in [3.05, 3.63) is 11.1 Å². The second-order valence-electron chi connectivity index (χ2n) is 6.39. The molecule has 0 aromatic heterocycles. The molecule has 0 amide bonds. The standard InChI is InChI=1S/C15H20O2/c1-6(2)11-14-9-5-10(16)8(4)12(14)13(7(9)3)15(11)17/h7-9,12-14H,5H2,1-4H3. The minimum atomic E-state index is 0.0898. The molecule has 3 saturated carbocycles. The van der Waals surface area contributed by atoms with E-state index in [1.807, 2.05) is 20.8 Å². The lowest BCUT2D eigenvalue weighted by Gasteiger charge is -2.33. The Morgan fingerprint density at radius 1 is 1.12 bits per heavy atom. The highest BCUT2D eigenvalue weighted by Crippen LogP contribution is 2.63. The van der Waals surface area contributed by atoms with Gasteiger partial charge in [0.05, 0.1) is 0 Å². The van der Waals surface area contributed by atoms with Crippen molar-refractivity contribution in [1.82, 2.24) is 0 Å². The van der Waals surface area contributed by atoms with E-state index in [1.54, 1.807) is 0 Å². The first kappa shape index (κ1) is 11.2. The molecule has 6 atom stereocenters. The van der Waals surface area contributed by atoms with Crippen molar-refractivity contribution in [2.45, 2.75) is 34.1 Å². The smallest absolute Gasteiger partial charge is 0.162 e. The number of hydrogen-bond acceptors (Lipinski definition) is 2. The molecule has 0 spiro atoms. The van der Waals surface area contributed by atoms with Crippen LogP contribution in [0.25, 0.3) is 0 Å². The summed E-state index contributed by atoms with van der Waals surface area (Å²) in [5.74, 6) is 2.52. The molecule has 3 fully saturated rings. The van der Waals surface area contributed by atoms with Gasteiger partial charge in [0.25, 0.3) is 0 Å². The SMILES string of the molecule is CC(C)=C1C(=O)C2C(C)C3CC(=O)C(C)C2C13. The van der Waals surface area contributed by atoms with Crippen LogP contribution in [-0.2, 0) is 9.59 Å². The monoisotopic (exact) mass is 232 g/mol. The van der Waals surface area contributed by atoms with Crippen molar-refractivity contribution >= 4 is 11.6 Å². The number of allylic oxidation sites excluding steroid dienone is 2. The van der Waals surface area contributed by atoms with Gasteiger partial charge in [0.2, 0.25) is 0 Å². The van der Waals surface area contributed by atoms with Gasteiger partial charge in [-0.25, -0.2) is 0 Å². The Morgan fingerprint density at radius 3 is 2.35 bits per heavy atom. The fourth-order valence-electron chi connectivity index (χ4n) is 4.76. The van der Waals surface area contributed by atoms with Gasteiger partial charge in [0.1, 0.15) is 5.78 Å². The molecule has 0 heterocycles. The Labute approximate surface area is 102 Å². The molecule has 6 unspecified atom stereocenters. The van der Waals surface area contributed by atoms with E-state index in [2.05, 4.69) is 6.92 Å². The summed E-state index contributed by atoms with van der Waals surface area (Å²) in [4.78, 5) is 24.4. The number of rotatable bonds is 0. The van der Waals surface area contributed by atoms with E-state index in [0.717, 1.165) is 5.57 Å².